The molecule has 2 heterocycles. The summed E-state index contributed by atoms with van der Waals surface area (Å²) >= 11 is 0. The summed E-state index contributed by atoms with van der Waals surface area (Å²) in [5, 5.41) is 3.34. The highest BCUT2D eigenvalue weighted by atomic mass is 19.1. The quantitative estimate of drug-likeness (QED) is 0.938. The maximum Gasteiger partial charge on any atom is 0.225 e. The maximum absolute atomic E-state index is 12.8. The van der Waals surface area contributed by atoms with Crippen molar-refractivity contribution in [3.63, 3.8) is 0 Å². The SMILES string of the molecule is Fc1ccc(Oc2cnc(N3CCCNCC3)nc2)cc1. The molecule has 1 aromatic carbocycles. The number of anilines is 1. The lowest BCUT2D eigenvalue weighted by Gasteiger charge is -2.19. The molecule has 0 aliphatic carbocycles. The number of ether oxygens (including phenoxy) is 1. The van der Waals surface area contributed by atoms with Crippen LogP contribution in [0.15, 0.2) is 36.7 Å². The summed E-state index contributed by atoms with van der Waals surface area (Å²) in [4.78, 5) is 10.8. The zero-order valence-electron chi connectivity index (χ0n) is 11.6. The van der Waals surface area contributed by atoms with Crippen molar-refractivity contribution in [1.29, 1.82) is 0 Å². The van der Waals surface area contributed by atoms with Crippen LogP contribution in [0.5, 0.6) is 11.5 Å². The fraction of sp³-hybridized carbons (Fsp3) is 0.333. The number of hydrogen-bond acceptors (Lipinski definition) is 5. The number of nitrogens with zero attached hydrogens (tertiary/aromatic N) is 3. The average molecular weight is 288 g/mol. The molecule has 1 N–H and O–H groups in total. The molecule has 6 heteroatoms. The van der Waals surface area contributed by atoms with Gasteiger partial charge in [-0.3, -0.25) is 0 Å². The van der Waals surface area contributed by atoms with Gasteiger partial charge in [-0.25, -0.2) is 14.4 Å². The van der Waals surface area contributed by atoms with Crippen LogP contribution in [0.2, 0.25) is 0 Å². The first-order chi connectivity index (χ1) is 10.3. The average Bonchev–Trinajstić information content (AvgIpc) is 2.80. The van der Waals surface area contributed by atoms with Crippen LogP contribution in [0, 0.1) is 5.82 Å². The Balaban J connectivity index is 1.67. The molecule has 0 spiro atoms. The van der Waals surface area contributed by atoms with Crippen molar-refractivity contribution in [2.24, 2.45) is 0 Å². The number of benzene rings is 1. The van der Waals surface area contributed by atoms with E-state index in [9.17, 15) is 4.39 Å². The van der Waals surface area contributed by atoms with Gasteiger partial charge < -0.3 is 15.0 Å². The molecule has 21 heavy (non-hydrogen) atoms. The molecule has 1 aliphatic heterocycles. The highest BCUT2D eigenvalue weighted by molar-refractivity contribution is 5.34. The molecular weight excluding hydrogens is 271 g/mol. The normalized spacial score (nSPS) is 15.6. The molecule has 0 unspecified atom stereocenters. The number of nitrogens with one attached hydrogen (secondary N) is 1. The van der Waals surface area contributed by atoms with Crippen molar-refractivity contribution in [1.82, 2.24) is 15.3 Å². The molecule has 0 bridgehead atoms. The van der Waals surface area contributed by atoms with E-state index < -0.39 is 0 Å². The lowest BCUT2D eigenvalue weighted by molar-refractivity contribution is 0.475. The van der Waals surface area contributed by atoms with E-state index in [0.29, 0.717) is 17.4 Å². The van der Waals surface area contributed by atoms with E-state index >= 15 is 0 Å². The zero-order valence-corrected chi connectivity index (χ0v) is 11.6. The van der Waals surface area contributed by atoms with Gasteiger partial charge in [0, 0.05) is 19.6 Å². The lowest BCUT2D eigenvalue weighted by atomic mass is 10.3. The zero-order chi connectivity index (χ0) is 14.5. The van der Waals surface area contributed by atoms with Gasteiger partial charge in [0.2, 0.25) is 5.95 Å². The first-order valence-corrected chi connectivity index (χ1v) is 7.02. The molecule has 5 nitrogen and oxygen atoms in total. The second kappa shape index (κ2) is 6.49. The van der Waals surface area contributed by atoms with Crippen LogP contribution < -0.4 is 15.0 Å². The minimum atomic E-state index is -0.288. The van der Waals surface area contributed by atoms with Gasteiger partial charge in [0.1, 0.15) is 11.6 Å². The van der Waals surface area contributed by atoms with E-state index in [1.807, 2.05) is 0 Å². The third-order valence-corrected chi connectivity index (χ3v) is 3.29. The van der Waals surface area contributed by atoms with Gasteiger partial charge in [-0.2, -0.15) is 0 Å². The number of halogens is 1. The Labute approximate surface area is 122 Å². The second-order valence-electron chi connectivity index (χ2n) is 4.87. The number of aromatic nitrogens is 2. The van der Waals surface area contributed by atoms with Crippen LogP contribution in [0.1, 0.15) is 6.42 Å². The molecule has 2 aromatic rings. The summed E-state index contributed by atoms with van der Waals surface area (Å²) < 4.78 is 18.4. The van der Waals surface area contributed by atoms with Gasteiger partial charge in [-0.05, 0) is 37.2 Å². The Morgan fingerprint density at radius 1 is 1.00 bits per heavy atom. The molecular formula is C15H17FN4O. The third kappa shape index (κ3) is 3.66. The minimum absolute atomic E-state index is 0.288. The monoisotopic (exact) mass is 288 g/mol. The van der Waals surface area contributed by atoms with Gasteiger partial charge in [-0.15, -0.1) is 0 Å². The van der Waals surface area contributed by atoms with Crippen molar-refractivity contribution in [2.45, 2.75) is 6.42 Å². The summed E-state index contributed by atoms with van der Waals surface area (Å²) in [6.07, 6.45) is 4.37. The smallest absolute Gasteiger partial charge is 0.225 e. The fourth-order valence-electron chi connectivity index (χ4n) is 2.21. The second-order valence-corrected chi connectivity index (χ2v) is 4.87. The number of rotatable bonds is 3. The Morgan fingerprint density at radius 2 is 1.76 bits per heavy atom. The van der Waals surface area contributed by atoms with E-state index in [1.165, 1.54) is 12.1 Å². The van der Waals surface area contributed by atoms with Gasteiger partial charge >= 0.3 is 0 Å². The Bertz CT molecular complexity index is 565. The van der Waals surface area contributed by atoms with Crippen LogP contribution >= 0.6 is 0 Å². The largest absolute Gasteiger partial charge is 0.454 e. The van der Waals surface area contributed by atoms with Gasteiger partial charge in [0.25, 0.3) is 0 Å². The van der Waals surface area contributed by atoms with Gasteiger partial charge in [0.05, 0.1) is 12.4 Å². The molecule has 3 rings (SSSR count). The van der Waals surface area contributed by atoms with Crippen molar-refractivity contribution in [3.8, 4) is 11.5 Å². The van der Waals surface area contributed by atoms with Crippen molar-refractivity contribution < 1.29 is 9.13 Å². The maximum atomic E-state index is 12.8. The third-order valence-electron chi connectivity index (χ3n) is 3.29. The Morgan fingerprint density at radius 3 is 2.52 bits per heavy atom. The first-order valence-electron chi connectivity index (χ1n) is 7.02. The van der Waals surface area contributed by atoms with Crippen LogP contribution in [-0.2, 0) is 0 Å². The lowest BCUT2D eigenvalue weighted by Crippen LogP contribution is -2.29. The highest BCUT2D eigenvalue weighted by Gasteiger charge is 2.12. The highest BCUT2D eigenvalue weighted by Crippen LogP contribution is 2.21. The summed E-state index contributed by atoms with van der Waals surface area (Å²) in [6.45, 7) is 3.82. The summed E-state index contributed by atoms with van der Waals surface area (Å²) in [7, 11) is 0. The van der Waals surface area contributed by atoms with E-state index in [2.05, 4.69) is 20.2 Å². The summed E-state index contributed by atoms with van der Waals surface area (Å²) in [5.41, 5.74) is 0. The van der Waals surface area contributed by atoms with Crippen LogP contribution in [0.3, 0.4) is 0 Å². The predicted molar refractivity (Wildman–Crippen MR) is 78.2 cm³/mol. The summed E-state index contributed by atoms with van der Waals surface area (Å²) in [6, 6.07) is 5.86. The molecule has 0 saturated carbocycles. The van der Waals surface area contributed by atoms with Gasteiger partial charge in [0.15, 0.2) is 5.75 Å². The van der Waals surface area contributed by atoms with Crippen molar-refractivity contribution in [2.75, 3.05) is 31.1 Å². The van der Waals surface area contributed by atoms with Crippen LogP contribution in [-0.4, -0.2) is 36.1 Å². The molecule has 1 aromatic heterocycles. The first kappa shape index (κ1) is 13.8. The summed E-state index contributed by atoms with van der Waals surface area (Å²) in [5.74, 6) is 1.53. The number of hydrogen-bond donors (Lipinski definition) is 1. The molecule has 110 valence electrons. The van der Waals surface area contributed by atoms with Gasteiger partial charge in [-0.1, -0.05) is 0 Å². The topological polar surface area (TPSA) is 50.3 Å². The van der Waals surface area contributed by atoms with E-state index in [-0.39, 0.29) is 5.82 Å². The van der Waals surface area contributed by atoms with Crippen LogP contribution in [0.25, 0.3) is 0 Å². The van der Waals surface area contributed by atoms with Crippen LogP contribution in [0.4, 0.5) is 10.3 Å². The molecule has 1 aliphatic rings. The van der Waals surface area contributed by atoms with E-state index in [0.717, 1.165) is 32.6 Å². The molecule has 0 atom stereocenters. The minimum Gasteiger partial charge on any atom is -0.454 e. The van der Waals surface area contributed by atoms with E-state index in [4.69, 9.17) is 4.74 Å². The molecule has 0 radical (unpaired) electrons. The molecule has 1 saturated heterocycles. The molecule has 0 amide bonds. The Kier molecular flexibility index (Phi) is 4.25. The predicted octanol–water partition coefficient (Wildman–Crippen LogP) is 2.21. The Hall–Kier alpha value is -2.21. The fourth-order valence-corrected chi connectivity index (χ4v) is 2.21. The van der Waals surface area contributed by atoms with E-state index in [1.54, 1.807) is 24.5 Å². The van der Waals surface area contributed by atoms with Crippen molar-refractivity contribution in [3.05, 3.63) is 42.5 Å². The standard InChI is InChI=1S/C15H17FN4O/c16-12-2-4-13(5-3-12)21-14-10-18-15(19-11-14)20-8-1-6-17-7-9-20/h2-5,10-11,17H,1,6-9H2. The van der Waals surface area contributed by atoms with Crippen molar-refractivity contribution >= 4 is 5.95 Å². The molecule has 1 fully saturated rings.